The molecule has 2 unspecified atom stereocenters. The molecule has 1 heterocycles. The van der Waals surface area contributed by atoms with Gasteiger partial charge in [-0.05, 0) is 19.4 Å². The van der Waals surface area contributed by atoms with Gasteiger partial charge in [0.05, 0.1) is 12.7 Å². The summed E-state index contributed by atoms with van der Waals surface area (Å²) in [7, 11) is 0. The monoisotopic (exact) mass is 287 g/mol. The summed E-state index contributed by atoms with van der Waals surface area (Å²) in [6.45, 7) is 6.59. The summed E-state index contributed by atoms with van der Waals surface area (Å²) in [5.41, 5.74) is 0. The summed E-state index contributed by atoms with van der Waals surface area (Å²) in [5.74, 6) is 2.35. The molecule has 0 saturated carbocycles. The van der Waals surface area contributed by atoms with E-state index in [0.29, 0.717) is 12.1 Å². The number of unbranched alkanes of at least 4 members (excludes halogenated alkanes) is 5. The first-order valence-corrected chi connectivity index (χ1v) is 9.46. The summed E-state index contributed by atoms with van der Waals surface area (Å²) >= 11 is 2.05. The van der Waals surface area contributed by atoms with Crippen LogP contribution in [0.3, 0.4) is 0 Å². The van der Waals surface area contributed by atoms with Gasteiger partial charge in [0.25, 0.3) is 0 Å². The van der Waals surface area contributed by atoms with Crippen LogP contribution in [0.25, 0.3) is 0 Å². The summed E-state index contributed by atoms with van der Waals surface area (Å²) < 4.78 is 5.95. The van der Waals surface area contributed by atoms with Crippen molar-refractivity contribution in [2.75, 3.05) is 24.7 Å². The van der Waals surface area contributed by atoms with Crippen LogP contribution >= 0.6 is 11.8 Å². The minimum absolute atomic E-state index is 0.445. The van der Waals surface area contributed by atoms with E-state index in [-0.39, 0.29) is 0 Å². The Bertz CT molecular complexity index is 195. The third-order valence-electron chi connectivity index (χ3n) is 3.82. The minimum Gasteiger partial charge on any atom is -0.375 e. The molecule has 1 rings (SSSR count). The smallest absolute Gasteiger partial charge is 0.0818 e. The van der Waals surface area contributed by atoms with Crippen LogP contribution in [0.5, 0.6) is 0 Å². The third-order valence-corrected chi connectivity index (χ3v) is 4.84. The van der Waals surface area contributed by atoms with Crippen LogP contribution in [0.15, 0.2) is 0 Å². The van der Waals surface area contributed by atoms with Crippen LogP contribution < -0.4 is 5.32 Å². The van der Waals surface area contributed by atoms with Crippen molar-refractivity contribution >= 4 is 11.8 Å². The van der Waals surface area contributed by atoms with E-state index in [9.17, 15) is 0 Å². The Hall–Kier alpha value is 0.270. The van der Waals surface area contributed by atoms with Crippen molar-refractivity contribution in [3.63, 3.8) is 0 Å². The molecule has 1 aliphatic heterocycles. The first-order chi connectivity index (χ1) is 9.38. The second kappa shape index (κ2) is 12.0. The van der Waals surface area contributed by atoms with E-state index in [4.69, 9.17) is 4.74 Å². The lowest BCUT2D eigenvalue weighted by Gasteiger charge is -2.31. The molecule has 1 aliphatic rings. The minimum atomic E-state index is 0.445. The molecule has 0 aromatic carbocycles. The fraction of sp³-hybridized carbons (Fsp3) is 1.00. The first-order valence-electron chi connectivity index (χ1n) is 8.31. The molecule has 1 fully saturated rings. The highest BCUT2D eigenvalue weighted by Gasteiger charge is 2.23. The highest BCUT2D eigenvalue weighted by molar-refractivity contribution is 7.99. The van der Waals surface area contributed by atoms with Gasteiger partial charge in [-0.25, -0.2) is 0 Å². The van der Waals surface area contributed by atoms with Gasteiger partial charge in [-0.3, -0.25) is 0 Å². The molecule has 3 heteroatoms. The van der Waals surface area contributed by atoms with Crippen molar-refractivity contribution in [1.29, 1.82) is 0 Å². The molecule has 19 heavy (non-hydrogen) atoms. The molecule has 0 spiro atoms. The molecule has 0 aromatic rings. The fourth-order valence-corrected chi connectivity index (χ4v) is 3.57. The molecular weight excluding hydrogens is 254 g/mol. The van der Waals surface area contributed by atoms with Crippen molar-refractivity contribution in [2.45, 2.75) is 77.4 Å². The maximum atomic E-state index is 5.95. The topological polar surface area (TPSA) is 21.3 Å². The van der Waals surface area contributed by atoms with Gasteiger partial charge in [0.15, 0.2) is 0 Å². The molecule has 114 valence electrons. The van der Waals surface area contributed by atoms with E-state index < -0.39 is 0 Å². The lowest BCUT2D eigenvalue weighted by molar-refractivity contribution is 0.0441. The van der Waals surface area contributed by atoms with Crippen molar-refractivity contribution in [3.05, 3.63) is 0 Å². The lowest BCUT2D eigenvalue weighted by Crippen LogP contribution is -2.45. The number of hydrogen-bond acceptors (Lipinski definition) is 3. The summed E-state index contributed by atoms with van der Waals surface area (Å²) in [5, 5.41) is 3.70. The second-order valence-electron chi connectivity index (χ2n) is 5.60. The van der Waals surface area contributed by atoms with Crippen LogP contribution in [0.2, 0.25) is 0 Å². The summed E-state index contributed by atoms with van der Waals surface area (Å²) in [6.07, 6.45) is 11.3. The zero-order chi connectivity index (χ0) is 13.8. The molecule has 0 bridgehead atoms. The van der Waals surface area contributed by atoms with Gasteiger partial charge in [0.2, 0.25) is 0 Å². The van der Waals surface area contributed by atoms with Gasteiger partial charge in [0, 0.05) is 17.5 Å². The van der Waals surface area contributed by atoms with E-state index in [2.05, 4.69) is 30.9 Å². The van der Waals surface area contributed by atoms with Crippen molar-refractivity contribution < 1.29 is 4.74 Å². The Morgan fingerprint density at radius 2 is 1.89 bits per heavy atom. The maximum absolute atomic E-state index is 5.95. The van der Waals surface area contributed by atoms with E-state index in [0.717, 1.165) is 13.2 Å². The first kappa shape index (κ1) is 17.3. The van der Waals surface area contributed by atoms with Gasteiger partial charge >= 0.3 is 0 Å². The van der Waals surface area contributed by atoms with Crippen LogP contribution in [0.4, 0.5) is 0 Å². The predicted molar refractivity (Wildman–Crippen MR) is 87.1 cm³/mol. The Labute approximate surface area is 124 Å². The predicted octanol–water partition coefficient (Wildman–Crippen LogP) is 4.24. The second-order valence-corrected chi connectivity index (χ2v) is 6.75. The number of thioether (sulfide) groups is 1. The number of rotatable bonds is 11. The van der Waals surface area contributed by atoms with Gasteiger partial charge in [-0.15, -0.1) is 0 Å². The normalized spacial score (nSPS) is 21.5. The molecule has 0 amide bonds. The fourth-order valence-electron chi connectivity index (χ4n) is 2.63. The summed E-state index contributed by atoms with van der Waals surface area (Å²) in [6, 6.07) is 0.582. The zero-order valence-electron chi connectivity index (χ0n) is 13.0. The molecular formula is C16H33NOS. The van der Waals surface area contributed by atoms with Crippen molar-refractivity contribution in [1.82, 2.24) is 5.32 Å². The lowest BCUT2D eigenvalue weighted by atomic mass is 10.0. The molecule has 1 N–H and O–H groups in total. The number of nitrogens with one attached hydrogen (secondary N) is 1. The SMILES string of the molecule is CCCCCCCCC(NCCC)C1CSCCO1. The third kappa shape index (κ3) is 8.21. The van der Waals surface area contributed by atoms with E-state index in [1.54, 1.807) is 0 Å². The molecule has 2 atom stereocenters. The molecule has 0 aromatic heterocycles. The molecule has 0 aliphatic carbocycles. The van der Waals surface area contributed by atoms with Crippen LogP contribution in [-0.2, 0) is 4.74 Å². The van der Waals surface area contributed by atoms with Crippen LogP contribution in [0.1, 0.15) is 65.2 Å². The average molecular weight is 288 g/mol. The zero-order valence-corrected chi connectivity index (χ0v) is 13.8. The quantitative estimate of drug-likeness (QED) is 0.574. The number of ether oxygens (including phenoxy) is 1. The Balaban J connectivity index is 2.16. The molecule has 0 radical (unpaired) electrons. The van der Waals surface area contributed by atoms with Gasteiger partial charge in [-0.1, -0.05) is 52.4 Å². The van der Waals surface area contributed by atoms with Gasteiger partial charge in [-0.2, -0.15) is 11.8 Å². The molecule has 2 nitrogen and oxygen atoms in total. The summed E-state index contributed by atoms with van der Waals surface area (Å²) in [4.78, 5) is 0. The highest BCUT2D eigenvalue weighted by Crippen LogP contribution is 2.19. The van der Waals surface area contributed by atoms with Gasteiger partial charge in [0.1, 0.15) is 0 Å². The highest BCUT2D eigenvalue weighted by atomic mass is 32.2. The Morgan fingerprint density at radius 1 is 1.11 bits per heavy atom. The van der Waals surface area contributed by atoms with E-state index in [1.807, 2.05) is 0 Å². The average Bonchev–Trinajstić information content (AvgIpc) is 2.46. The molecule has 1 saturated heterocycles. The Kier molecular flexibility index (Phi) is 11.0. The van der Waals surface area contributed by atoms with Crippen molar-refractivity contribution in [2.24, 2.45) is 0 Å². The Morgan fingerprint density at radius 3 is 2.58 bits per heavy atom. The van der Waals surface area contributed by atoms with E-state index in [1.165, 1.54) is 62.9 Å². The van der Waals surface area contributed by atoms with Gasteiger partial charge < -0.3 is 10.1 Å². The van der Waals surface area contributed by atoms with Crippen LogP contribution in [0, 0.1) is 0 Å². The number of hydrogen-bond donors (Lipinski definition) is 1. The standard InChI is InChI=1S/C16H33NOS/c1-3-5-6-7-8-9-10-15(17-11-4-2)16-14-19-13-12-18-16/h15-17H,3-14H2,1-2H3. The maximum Gasteiger partial charge on any atom is 0.0818 e. The van der Waals surface area contributed by atoms with E-state index >= 15 is 0 Å². The van der Waals surface area contributed by atoms with Crippen LogP contribution in [-0.4, -0.2) is 36.8 Å². The largest absolute Gasteiger partial charge is 0.375 e. The van der Waals surface area contributed by atoms with Crippen molar-refractivity contribution in [3.8, 4) is 0 Å².